The number of hydrogen-bond donors (Lipinski definition) is 1. The van der Waals surface area contributed by atoms with Gasteiger partial charge in [0.2, 0.25) is 5.89 Å². The Morgan fingerprint density at radius 1 is 1.35 bits per heavy atom. The SMILES string of the molecule is COc1cccc2cc(CNCCc3ncno3)oc12. The van der Waals surface area contributed by atoms with Gasteiger partial charge in [-0.2, -0.15) is 4.98 Å². The minimum absolute atomic E-state index is 0.628. The van der Waals surface area contributed by atoms with Crippen LogP contribution in [-0.4, -0.2) is 23.8 Å². The van der Waals surface area contributed by atoms with E-state index >= 15 is 0 Å². The molecule has 0 bridgehead atoms. The van der Waals surface area contributed by atoms with Gasteiger partial charge in [0.25, 0.3) is 0 Å². The number of para-hydroxylation sites is 1. The Labute approximate surface area is 115 Å². The van der Waals surface area contributed by atoms with E-state index in [4.69, 9.17) is 13.7 Å². The van der Waals surface area contributed by atoms with Crippen LogP contribution in [0.4, 0.5) is 0 Å². The van der Waals surface area contributed by atoms with Crippen LogP contribution in [0.2, 0.25) is 0 Å². The number of methoxy groups -OCH3 is 1. The van der Waals surface area contributed by atoms with Crippen molar-refractivity contribution in [3.8, 4) is 5.75 Å². The third-order valence-corrected chi connectivity index (χ3v) is 3.00. The van der Waals surface area contributed by atoms with E-state index in [-0.39, 0.29) is 0 Å². The summed E-state index contributed by atoms with van der Waals surface area (Å²) in [4.78, 5) is 3.96. The highest BCUT2D eigenvalue weighted by Gasteiger charge is 2.08. The summed E-state index contributed by atoms with van der Waals surface area (Å²) in [7, 11) is 1.64. The van der Waals surface area contributed by atoms with Crippen LogP contribution in [-0.2, 0) is 13.0 Å². The minimum atomic E-state index is 0.628. The molecule has 3 rings (SSSR count). The second kappa shape index (κ2) is 5.75. The first-order valence-electron chi connectivity index (χ1n) is 6.38. The predicted molar refractivity (Wildman–Crippen MR) is 72.5 cm³/mol. The van der Waals surface area contributed by atoms with E-state index < -0.39 is 0 Å². The number of ether oxygens (including phenoxy) is 1. The molecule has 0 unspecified atom stereocenters. The quantitative estimate of drug-likeness (QED) is 0.694. The van der Waals surface area contributed by atoms with Crippen molar-refractivity contribution in [1.82, 2.24) is 15.5 Å². The molecular weight excluding hydrogens is 258 g/mol. The fraction of sp³-hybridized carbons (Fsp3) is 0.286. The molecule has 0 fully saturated rings. The highest BCUT2D eigenvalue weighted by Crippen LogP contribution is 2.28. The standard InChI is InChI=1S/C14H15N3O3/c1-18-12-4-2-3-10-7-11(19-14(10)12)8-15-6-5-13-16-9-17-20-13/h2-4,7,9,15H,5-6,8H2,1H3. The van der Waals surface area contributed by atoms with E-state index in [1.54, 1.807) is 7.11 Å². The molecule has 20 heavy (non-hydrogen) atoms. The lowest BCUT2D eigenvalue weighted by atomic mass is 10.2. The van der Waals surface area contributed by atoms with Crippen LogP contribution < -0.4 is 10.1 Å². The second-order valence-corrected chi connectivity index (χ2v) is 4.35. The average Bonchev–Trinajstić information content (AvgIpc) is 3.11. The van der Waals surface area contributed by atoms with Crippen LogP contribution in [0.15, 0.2) is 39.5 Å². The van der Waals surface area contributed by atoms with Gasteiger partial charge in [0.1, 0.15) is 5.76 Å². The monoisotopic (exact) mass is 273 g/mol. The molecule has 0 saturated carbocycles. The van der Waals surface area contributed by atoms with Gasteiger partial charge >= 0.3 is 0 Å². The molecule has 0 aliphatic heterocycles. The molecule has 6 heteroatoms. The van der Waals surface area contributed by atoms with E-state index in [1.807, 2.05) is 24.3 Å². The van der Waals surface area contributed by atoms with Crippen molar-refractivity contribution in [2.45, 2.75) is 13.0 Å². The van der Waals surface area contributed by atoms with Crippen LogP contribution in [0.1, 0.15) is 11.7 Å². The predicted octanol–water partition coefficient (Wildman–Crippen LogP) is 2.16. The molecule has 1 N–H and O–H groups in total. The number of nitrogens with one attached hydrogen (secondary N) is 1. The highest BCUT2D eigenvalue weighted by molar-refractivity contribution is 5.83. The van der Waals surface area contributed by atoms with Gasteiger partial charge in [0.15, 0.2) is 17.7 Å². The number of hydrogen-bond acceptors (Lipinski definition) is 6. The number of benzene rings is 1. The van der Waals surface area contributed by atoms with Crippen molar-refractivity contribution in [1.29, 1.82) is 0 Å². The number of fused-ring (bicyclic) bond motifs is 1. The Morgan fingerprint density at radius 3 is 3.10 bits per heavy atom. The second-order valence-electron chi connectivity index (χ2n) is 4.35. The molecule has 3 aromatic rings. The van der Waals surface area contributed by atoms with Crippen molar-refractivity contribution in [2.24, 2.45) is 0 Å². The van der Waals surface area contributed by atoms with Gasteiger partial charge < -0.3 is 19.0 Å². The topological polar surface area (TPSA) is 73.3 Å². The Bertz CT molecular complexity index is 676. The van der Waals surface area contributed by atoms with E-state index in [0.717, 1.165) is 29.0 Å². The molecule has 2 heterocycles. The maximum Gasteiger partial charge on any atom is 0.227 e. The smallest absolute Gasteiger partial charge is 0.227 e. The van der Waals surface area contributed by atoms with Crippen LogP contribution in [0.25, 0.3) is 11.0 Å². The van der Waals surface area contributed by atoms with Gasteiger partial charge in [-0.15, -0.1) is 0 Å². The van der Waals surface area contributed by atoms with Crippen molar-refractivity contribution < 1.29 is 13.7 Å². The first-order chi connectivity index (χ1) is 9.86. The summed E-state index contributed by atoms with van der Waals surface area (Å²) in [6.45, 7) is 1.39. The normalized spacial score (nSPS) is 11.1. The lowest BCUT2D eigenvalue weighted by Gasteiger charge is -2.00. The molecule has 6 nitrogen and oxygen atoms in total. The van der Waals surface area contributed by atoms with Gasteiger partial charge in [0, 0.05) is 18.4 Å². The molecule has 0 saturated heterocycles. The Kier molecular flexibility index (Phi) is 3.64. The largest absolute Gasteiger partial charge is 0.493 e. The van der Waals surface area contributed by atoms with Gasteiger partial charge in [-0.05, 0) is 12.1 Å². The van der Waals surface area contributed by atoms with Gasteiger partial charge in [-0.1, -0.05) is 17.3 Å². The molecule has 0 spiro atoms. The van der Waals surface area contributed by atoms with E-state index in [1.165, 1.54) is 6.33 Å². The highest BCUT2D eigenvalue weighted by atomic mass is 16.5. The summed E-state index contributed by atoms with van der Waals surface area (Å²) in [6, 6.07) is 7.85. The number of nitrogens with zero attached hydrogens (tertiary/aromatic N) is 2. The van der Waals surface area contributed by atoms with Gasteiger partial charge in [-0.25, -0.2) is 0 Å². The molecule has 1 aromatic carbocycles. The third-order valence-electron chi connectivity index (χ3n) is 3.00. The van der Waals surface area contributed by atoms with E-state index in [9.17, 15) is 0 Å². The molecule has 0 atom stereocenters. The van der Waals surface area contributed by atoms with Crippen molar-refractivity contribution in [3.63, 3.8) is 0 Å². The van der Waals surface area contributed by atoms with E-state index in [2.05, 4.69) is 15.5 Å². The molecule has 2 aromatic heterocycles. The van der Waals surface area contributed by atoms with E-state index in [0.29, 0.717) is 18.9 Å². The van der Waals surface area contributed by atoms with Crippen molar-refractivity contribution >= 4 is 11.0 Å². The Hall–Kier alpha value is -2.34. The fourth-order valence-corrected chi connectivity index (χ4v) is 2.05. The van der Waals surface area contributed by atoms with Crippen molar-refractivity contribution in [3.05, 3.63) is 42.2 Å². The average molecular weight is 273 g/mol. The maximum absolute atomic E-state index is 5.79. The summed E-state index contributed by atoms with van der Waals surface area (Å²) in [5.41, 5.74) is 0.781. The van der Waals surface area contributed by atoms with Gasteiger partial charge in [-0.3, -0.25) is 0 Å². The third kappa shape index (κ3) is 2.65. The molecular formula is C14H15N3O3. The molecule has 0 aliphatic rings. The summed E-state index contributed by atoms with van der Waals surface area (Å²) in [5, 5.41) is 7.88. The van der Waals surface area contributed by atoms with Crippen LogP contribution in [0.5, 0.6) is 5.75 Å². The minimum Gasteiger partial charge on any atom is -0.493 e. The van der Waals surface area contributed by atoms with Crippen LogP contribution >= 0.6 is 0 Å². The number of aromatic nitrogens is 2. The molecule has 104 valence electrons. The number of rotatable bonds is 6. The summed E-state index contributed by atoms with van der Waals surface area (Å²) in [5.74, 6) is 2.25. The van der Waals surface area contributed by atoms with Crippen LogP contribution in [0, 0.1) is 0 Å². The van der Waals surface area contributed by atoms with Gasteiger partial charge in [0.05, 0.1) is 13.7 Å². The zero-order chi connectivity index (χ0) is 13.8. The molecule has 0 aliphatic carbocycles. The molecule has 0 radical (unpaired) electrons. The maximum atomic E-state index is 5.79. The first kappa shape index (κ1) is 12.7. The molecule has 0 amide bonds. The van der Waals surface area contributed by atoms with Crippen molar-refractivity contribution in [2.75, 3.05) is 13.7 Å². The lowest BCUT2D eigenvalue weighted by molar-refractivity contribution is 0.373. The zero-order valence-corrected chi connectivity index (χ0v) is 11.1. The summed E-state index contributed by atoms with van der Waals surface area (Å²) >= 11 is 0. The fourth-order valence-electron chi connectivity index (χ4n) is 2.05. The first-order valence-corrected chi connectivity index (χ1v) is 6.38. The number of furan rings is 1. The lowest BCUT2D eigenvalue weighted by Crippen LogP contribution is -2.16. The zero-order valence-electron chi connectivity index (χ0n) is 11.1. The summed E-state index contributed by atoms with van der Waals surface area (Å²) in [6.07, 6.45) is 2.10. The van der Waals surface area contributed by atoms with Crippen LogP contribution in [0.3, 0.4) is 0 Å². The Morgan fingerprint density at radius 2 is 2.30 bits per heavy atom. The Balaban J connectivity index is 1.60. The summed E-state index contributed by atoms with van der Waals surface area (Å²) < 4.78 is 16.0.